The van der Waals surface area contributed by atoms with Crippen LogP contribution in [-0.4, -0.2) is 4.98 Å². The standard InChI is InChI=1S/C13H11N3/c1-9-11(7-14)13(15)16-8-12(9)10-5-3-2-4-6-10/h2-6,8H,1H3,(H2,15,16). The smallest absolute Gasteiger partial charge is 0.141 e. The topological polar surface area (TPSA) is 62.7 Å². The Bertz CT molecular complexity index is 553. The van der Waals surface area contributed by atoms with Crippen molar-refractivity contribution in [1.29, 1.82) is 5.26 Å². The maximum absolute atomic E-state index is 9.00. The van der Waals surface area contributed by atoms with E-state index in [1.807, 2.05) is 37.3 Å². The maximum Gasteiger partial charge on any atom is 0.141 e. The van der Waals surface area contributed by atoms with E-state index in [-0.39, 0.29) is 0 Å². The fraction of sp³-hybridized carbons (Fsp3) is 0.0769. The molecule has 0 aliphatic carbocycles. The monoisotopic (exact) mass is 209 g/mol. The molecule has 1 aromatic heterocycles. The average molecular weight is 209 g/mol. The Hall–Kier alpha value is -2.34. The van der Waals surface area contributed by atoms with Crippen molar-refractivity contribution in [1.82, 2.24) is 4.98 Å². The lowest BCUT2D eigenvalue weighted by atomic mass is 9.99. The van der Waals surface area contributed by atoms with E-state index >= 15 is 0 Å². The molecule has 16 heavy (non-hydrogen) atoms. The van der Waals surface area contributed by atoms with E-state index in [2.05, 4.69) is 11.1 Å². The van der Waals surface area contributed by atoms with Crippen LogP contribution in [-0.2, 0) is 0 Å². The van der Waals surface area contributed by atoms with Crippen LogP contribution in [0.5, 0.6) is 0 Å². The van der Waals surface area contributed by atoms with Crippen LogP contribution in [0.25, 0.3) is 11.1 Å². The molecular weight excluding hydrogens is 198 g/mol. The first-order valence-electron chi connectivity index (χ1n) is 4.94. The zero-order valence-electron chi connectivity index (χ0n) is 8.94. The number of nitrogens with zero attached hydrogens (tertiary/aromatic N) is 2. The second-order valence-electron chi connectivity index (χ2n) is 3.53. The quantitative estimate of drug-likeness (QED) is 0.784. The van der Waals surface area contributed by atoms with Crippen molar-refractivity contribution >= 4 is 5.82 Å². The summed E-state index contributed by atoms with van der Waals surface area (Å²) in [7, 11) is 0. The Kier molecular flexibility index (Phi) is 2.57. The predicted molar refractivity (Wildman–Crippen MR) is 63.5 cm³/mol. The van der Waals surface area contributed by atoms with Crippen LogP contribution in [0.15, 0.2) is 36.5 Å². The van der Waals surface area contributed by atoms with Gasteiger partial charge in [0.25, 0.3) is 0 Å². The van der Waals surface area contributed by atoms with Gasteiger partial charge < -0.3 is 5.73 Å². The summed E-state index contributed by atoms with van der Waals surface area (Å²) >= 11 is 0. The molecule has 0 spiro atoms. The van der Waals surface area contributed by atoms with Gasteiger partial charge in [-0.25, -0.2) is 4.98 Å². The van der Waals surface area contributed by atoms with Gasteiger partial charge in [-0.05, 0) is 18.1 Å². The van der Waals surface area contributed by atoms with Gasteiger partial charge in [-0.3, -0.25) is 0 Å². The van der Waals surface area contributed by atoms with E-state index in [1.54, 1.807) is 6.20 Å². The summed E-state index contributed by atoms with van der Waals surface area (Å²) in [5.41, 5.74) is 8.98. The fourth-order valence-corrected chi connectivity index (χ4v) is 1.67. The number of anilines is 1. The van der Waals surface area contributed by atoms with Gasteiger partial charge in [0.05, 0.1) is 5.56 Å². The van der Waals surface area contributed by atoms with Crippen molar-refractivity contribution in [2.75, 3.05) is 5.73 Å². The second kappa shape index (κ2) is 4.03. The molecule has 0 atom stereocenters. The Labute approximate surface area is 94.2 Å². The summed E-state index contributed by atoms with van der Waals surface area (Å²) in [4.78, 5) is 4.04. The Morgan fingerprint density at radius 3 is 2.56 bits per heavy atom. The van der Waals surface area contributed by atoms with E-state index < -0.39 is 0 Å². The minimum atomic E-state index is 0.291. The van der Waals surface area contributed by atoms with Crippen LogP contribution in [0.4, 0.5) is 5.82 Å². The molecule has 3 nitrogen and oxygen atoms in total. The van der Waals surface area contributed by atoms with E-state index in [0.29, 0.717) is 11.4 Å². The number of aromatic nitrogens is 1. The summed E-state index contributed by atoms with van der Waals surface area (Å²) < 4.78 is 0. The van der Waals surface area contributed by atoms with Crippen molar-refractivity contribution < 1.29 is 0 Å². The highest BCUT2D eigenvalue weighted by atomic mass is 14.8. The number of nitrogens with two attached hydrogens (primary N) is 1. The molecule has 0 saturated carbocycles. The maximum atomic E-state index is 9.00. The van der Waals surface area contributed by atoms with E-state index in [1.165, 1.54) is 0 Å². The van der Waals surface area contributed by atoms with Crippen LogP contribution in [0, 0.1) is 18.3 Å². The Balaban J connectivity index is 2.65. The molecule has 0 radical (unpaired) electrons. The lowest BCUT2D eigenvalue weighted by molar-refractivity contribution is 1.26. The Morgan fingerprint density at radius 1 is 1.25 bits per heavy atom. The van der Waals surface area contributed by atoms with Gasteiger partial charge in [0, 0.05) is 11.8 Å². The van der Waals surface area contributed by atoms with Crippen LogP contribution in [0.1, 0.15) is 11.1 Å². The normalized spacial score (nSPS) is 9.75. The minimum Gasteiger partial charge on any atom is -0.383 e. The largest absolute Gasteiger partial charge is 0.383 e. The molecule has 0 bridgehead atoms. The highest BCUT2D eigenvalue weighted by Gasteiger charge is 2.09. The molecule has 1 heterocycles. The van der Waals surface area contributed by atoms with E-state index in [0.717, 1.165) is 16.7 Å². The number of nitriles is 1. The van der Waals surface area contributed by atoms with Gasteiger partial charge >= 0.3 is 0 Å². The van der Waals surface area contributed by atoms with Gasteiger partial charge in [-0.2, -0.15) is 5.26 Å². The summed E-state index contributed by atoms with van der Waals surface area (Å²) in [6.45, 7) is 1.89. The van der Waals surface area contributed by atoms with Crippen LogP contribution in [0.2, 0.25) is 0 Å². The second-order valence-corrected chi connectivity index (χ2v) is 3.53. The predicted octanol–water partition coefficient (Wildman–Crippen LogP) is 2.51. The third-order valence-corrected chi connectivity index (χ3v) is 2.56. The number of hydrogen-bond donors (Lipinski definition) is 1. The molecule has 0 amide bonds. The fourth-order valence-electron chi connectivity index (χ4n) is 1.67. The highest BCUT2D eigenvalue weighted by molar-refractivity contribution is 5.71. The van der Waals surface area contributed by atoms with Gasteiger partial charge in [-0.15, -0.1) is 0 Å². The van der Waals surface area contributed by atoms with Crippen molar-refractivity contribution in [2.24, 2.45) is 0 Å². The van der Waals surface area contributed by atoms with Gasteiger partial charge in [-0.1, -0.05) is 30.3 Å². The van der Waals surface area contributed by atoms with Crippen LogP contribution < -0.4 is 5.73 Å². The number of rotatable bonds is 1. The lowest BCUT2D eigenvalue weighted by Crippen LogP contribution is -1.99. The molecule has 2 N–H and O–H groups in total. The Morgan fingerprint density at radius 2 is 1.94 bits per heavy atom. The summed E-state index contributed by atoms with van der Waals surface area (Å²) in [5.74, 6) is 0.291. The van der Waals surface area contributed by atoms with Crippen molar-refractivity contribution in [3.8, 4) is 17.2 Å². The molecule has 2 rings (SSSR count). The van der Waals surface area contributed by atoms with E-state index in [4.69, 9.17) is 11.0 Å². The average Bonchev–Trinajstić information content (AvgIpc) is 2.31. The molecule has 0 aliphatic heterocycles. The molecule has 1 aromatic carbocycles. The number of hydrogen-bond acceptors (Lipinski definition) is 3. The first-order valence-corrected chi connectivity index (χ1v) is 4.94. The first kappa shape index (κ1) is 10.2. The van der Waals surface area contributed by atoms with Crippen LogP contribution >= 0.6 is 0 Å². The molecule has 78 valence electrons. The van der Waals surface area contributed by atoms with Crippen molar-refractivity contribution in [2.45, 2.75) is 6.92 Å². The molecule has 0 aliphatic rings. The molecule has 0 fully saturated rings. The number of nitrogen functional groups attached to an aromatic ring is 1. The zero-order chi connectivity index (χ0) is 11.5. The van der Waals surface area contributed by atoms with Crippen molar-refractivity contribution in [3.05, 3.63) is 47.7 Å². The molecular formula is C13H11N3. The van der Waals surface area contributed by atoms with Crippen molar-refractivity contribution in [3.63, 3.8) is 0 Å². The third-order valence-electron chi connectivity index (χ3n) is 2.56. The lowest BCUT2D eigenvalue weighted by Gasteiger charge is -2.08. The van der Waals surface area contributed by atoms with Gasteiger partial charge in [0.2, 0.25) is 0 Å². The summed E-state index contributed by atoms with van der Waals surface area (Å²) in [6.07, 6.45) is 1.71. The molecule has 3 heteroatoms. The SMILES string of the molecule is Cc1c(-c2ccccc2)cnc(N)c1C#N. The minimum absolute atomic E-state index is 0.291. The zero-order valence-corrected chi connectivity index (χ0v) is 8.94. The van der Waals surface area contributed by atoms with Gasteiger partial charge in [0.15, 0.2) is 0 Å². The molecule has 2 aromatic rings. The molecule has 0 unspecified atom stereocenters. The number of benzene rings is 1. The highest BCUT2D eigenvalue weighted by Crippen LogP contribution is 2.26. The van der Waals surface area contributed by atoms with E-state index in [9.17, 15) is 0 Å². The van der Waals surface area contributed by atoms with Gasteiger partial charge in [0.1, 0.15) is 11.9 Å². The summed E-state index contributed by atoms with van der Waals surface area (Å²) in [6, 6.07) is 11.9. The molecule has 0 saturated heterocycles. The van der Waals surface area contributed by atoms with Crippen LogP contribution in [0.3, 0.4) is 0 Å². The third kappa shape index (κ3) is 1.61. The number of pyridine rings is 1. The first-order chi connectivity index (χ1) is 7.74. The summed E-state index contributed by atoms with van der Waals surface area (Å²) in [5, 5.41) is 9.00.